The molecule has 21 heavy (non-hydrogen) atoms. The molecule has 1 N–H and O–H groups in total. The molecule has 0 aliphatic carbocycles. The van der Waals surface area contributed by atoms with Crippen LogP contribution >= 0.6 is 0 Å². The van der Waals surface area contributed by atoms with Gasteiger partial charge in [0.15, 0.2) is 0 Å². The highest BCUT2D eigenvalue weighted by molar-refractivity contribution is 5.14. The minimum atomic E-state index is 0.527. The van der Waals surface area contributed by atoms with E-state index in [4.69, 9.17) is 0 Å². The first-order valence-electron chi connectivity index (χ1n) is 8.64. The maximum absolute atomic E-state index is 3.53. The third kappa shape index (κ3) is 4.82. The van der Waals surface area contributed by atoms with E-state index in [0.29, 0.717) is 11.5 Å². The number of hydrogen-bond acceptors (Lipinski definition) is 2. The Hall–Kier alpha value is -0.860. The highest BCUT2D eigenvalue weighted by atomic mass is 15.2. The largest absolute Gasteiger partial charge is 0.317 e. The normalized spacial score (nSPS) is 18.3. The second kappa shape index (κ2) is 7.95. The molecule has 2 heteroatoms. The lowest BCUT2D eigenvalue weighted by Gasteiger charge is -2.43. The Kier molecular flexibility index (Phi) is 6.25. The fraction of sp³-hybridized carbons (Fsp3) is 0.684. The van der Waals surface area contributed by atoms with Crippen molar-refractivity contribution in [1.82, 2.24) is 10.2 Å². The summed E-state index contributed by atoms with van der Waals surface area (Å²) in [5, 5.41) is 3.53. The van der Waals surface area contributed by atoms with Gasteiger partial charge in [0.1, 0.15) is 0 Å². The summed E-state index contributed by atoms with van der Waals surface area (Å²) in [6.45, 7) is 11.7. The molecule has 2 nitrogen and oxygen atoms in total. The van der Waals surface area contributed by atoms with Crippen LogP contribution in [0.25, 0.3) is 0 Å². The lowest BCUT2D eigenvalue weighted by atomic mass is 9.74. The molecule has 2 rings (SSSR count). The van der Waals surface area contributed by atoms with E-state index in [-0.39, 0.29) is 0 Å². The van der Waals surface area contributed by atoms with Gasteiger partial charge < -0.3 is 5.32 Å². The molecule has 0 unspecified atom stereocenters. The van der Waals surface area contributed by atoms with Crippen molar-refractivity contribution in [1.29, 1.82) is 0 Å². The van der Waals surface area contributed by atoms with Gasteiger partial charge in [0.25, 0.3) is 0 Å². The van der Waals surface area contributed by atoms with Crippen LogP contribution in [0, 0.1) is 5.41 Å². The van der Waals surface area contributed by atoms with E-state index in [0.717, 1.165) is 6.54 Å². The molecule has 0 saturated carbocycles. The Labute approximate surface area is 130 Å². The monoisotopic (exact) mass is 288 g/mol. The Balaban J connectivity index is 2.06. The minimum Gasteiger partial charge on any atom is -0.317 e. The molecule has 0 bridgehead atoms. The van der Waals surface area contributed by atoms with Crippen molar-refractivity contribution in [3.8, 4) is 0 Å². The van der Waals surface area contributed by atoms with E-state index in [2.05, 4.69) is 61.3 Å². The van der Waals surface area contributed by atoms with Crippen LogP contribution in [-0.2, 0) is 6.54 Å². The van der Waals surface area contributed by atoms with Gasteiger partial charge in [-0.15, -0.1) is 0 Å². The van der Waals surface area contributed by atoms with E-state index in [9.17, 15) is 0 Å². The van der Waals surface area contributed by atoms with Gasteiger partial charge in [-0.2, -0.15) is 0 Å². The fourth-order valence-electron chi connectivity index (χ4n) is 3.64. The third-order valence-electron chi connectivity index (χ3n) is 4.94. The van der Waals surface area contributed by atoms with Gasteiger partial charge in [-0.25, -0.2) is 0 Å². The van der Waals surface area contributed by atoms with Crippen molar-refractivity contribution in [2.75, 3.05) is 19.6 Å². The second-order valence-corrected chi connectivity index (χ2v) is 6.98. The summed E-state index contributed by atoms with van der Waals surface area (Å²) in [4.78, 5) is 2.68. The molecule has 1 aromatic carbocycles. The van der Waals surface area contributed by atoms with Gasteiger partial charge >= 0.3 is 0 Å². The van der Waals surface area contributed by atoms with Crippen LogP contribution in [0.3, 0.4) is 0 Å². The number of rotatable bonds is 7. The summed E-state index contributed by atoms with van der Waals surface area (Å²) in [7, 11) is 0. The molecule has 1 aromatic rings. The van der Waals surface area contributed by atoms with Crippen molar-refractivity contribution in [3.05, 3.63) is 35.9 Å². The van der Waals surface area contributed by atoms with Gasteiger partial charge in [0, 0.05) is 19.1 Å². The average molecular weight is 288 g/mol. The summed E-state index contributed by atoms with van der Waals surface area (Å²) in [6, 6.07) is 11.5. The smallest absolute Gasteiger partial charge is 0.0236 e. The van der Waals surface area contributed by atoms with E-state index in [1.54, 1.807) is 0 Å². The Bertz CT molecular complexity index is 388. The predicted octanol–water partition coefficient (Wildman–Crippen LogP) is 4.07. The molecule has 1 aliphatic heterocycles. The molecular weight excluding hydrogens is 256 g/mol. The standard InChI is InChI=1S/C19H32N2/c1-4-10-19(11-13-20-14-12-19)16-21(17(2)3)15-18-8-6-5-7-9-18/h5-9,17,20H,4,10-16H2,1-3H3. The topological polar surface area (TPSA) is 15.3 Å². The van der Waals surface area contributed by atoms with Crippen molar-refractivity contribution >= 4 is 0 Å². The van der Waals surface area contributed by atoms with Gasteiger partial charge in [0.05, 0.1) is 0 Å². The number of piperidine rings is 1. The molecule has 1 saturated heterocycles. The molecule has 0 spiro atoms. The van der Waals surface area contributed by atoms with Crippen molar-refractivity contribution < 1.29 is 0 Å². The lowest BCUT2D eigenvalue weighted by Crippen LogP contribution is -2.46. The molecule has 0 aromatic heterocycles. The molecule has 0 radical (unpaired) electrons. The van der Waals surface area contributed by atoms with Crippen LogP contribution in [0.1, 0.15) is 52.0 Å². The number of nitrogens with one attached hydrogen (secondary N) is 1. The summed E-state index contributed by atoms with van der Waals surface area (Å²) < 4.78 is 0. The Morgan fingerprint density at radius 3 is 2.38 bits per heavy atom. The average Bonchev–Trinajstić information content (AvgIpc) is 2.49. The number of benzene rings is 1. The number of nitrogens with zero attached hydrogens (tertiary/aromatic N) is 1. The first kappa shape index (κ1) is 16.5. The van der Waals surface area contributed by atoms with Crippen molar-refractivity contribution in [2.45, 2.75) is 59.0 Å². The van der Waals surface area contributed by atoms with Crippen LogP contribution in [-0.4, -0.2) is 30.6 Å². The van der Waals surface area contributed by atoms with Crippen LogP contribution in [0.5, 0.6) is 0 Å². The first-order valence-corrected chi connectivity index (χ1v) is 8.64. The maximum atomic E-state index is 3.53. The predicted molar refractivity (Wildman–Crippen MR) is 91.4 cm³/mol. The second-order valence-electron chi connectivity index (χ2n) is 6.98. The third-order valence-corrected chi connectivity index (χ3v) is 4.94. The van der Waals surface area contributed by atoms with E-state index in [1.165, 1.54) is 50.9 Å². The van der Waals surface area contributed by atoms with Crippen LogP contribution in [0.4, 0.5) is 0 Å². The summed E-state index contributed by atoms with van der Waals surface area (Å²) in [5.74, 6) is 0. The fourth-order valence-corrected chi connectivity index (χ4v) is 3.64. The van der Waals surface area contributed by atoms with E-state index < -0.39 is 0 Å². The zero-order valence-electron chi connectivity index (χ0n) is 14.1. The molecule has 118 valence electrons. The van der Waals surface area contributed by atoms with Gasteiger partial charge in [-0.05, 0) is 57.2 Å². The summed E-state index contributed by atoms with van der Waals surface area (Å²) >= 11 is 0. The lowest BCUT2D eigenvalue weighted by molar-refractivity contribution is 0.0767. The first-order chi connectivity index (χ1) is 10.2. The SMILES string of the molecule is CCCC1(CN(Cc2ccccc2)C(C)C)CCNCC1. The molecule has 1 aliphatic rings. The summed E-state index contributed by atoms with van der Waals surface area (Å²) in [6.07, 6.45) is 5.33. The zero-order valence-corrected chi connectivity index (χ0v) is 14.1. The van der Waals surface area contributed by atoms with Gasteiger partial charge in [0.2, 0.25) is 0 Å². The van der Waals surface area contributed by atoms with Crippen molar-refractivity contribution in [3.63, 3.8) is 0 Å². The van der Waals surface area contributed by atoms with E-state index >= 15 is 0 Å². The van der Waals surface area contributed by atoms with Gasteiger partial charge in [-0.1, -0.05) is 43.7 Å². The quantitative estimate of drug-likeness (QED) is 0.813. The van der Waals surface area contributed by atoms with Gasteiger partial charge in [-0.3, -0.25) is 4.90 Å². The zero-order chi connectivity index (χ0) is 15.1. The maximum Gasteiger partial charge on any atom is 0.0236 e. The molecule has 1 fully saturated rings. The minimum absolute atomic E-state index is 0.527. The van der Waals surface area contributed by atoms with Crippen LogP contribution in [0.2, 0.25) is 0 Å². The van der Waals surface area contributed by atoms with Crippen molar-refractivity contribution in [2.24, 2.45) is 5.41 Å². The molecule has 1 heterocycles. The molecular formula is C19H32N2. The summed E-state index contributed by atoms with van der Waals surface area (Å²) in [5.41, 5.74) is 1.96. The molecule has 0 atom stereocenters. The van der Waals surface area contributed by atoms with Crippen LogP contribution in [0.15, 0.2) is 30.3 Å². The van der Waals surface area contributed by atoms with Crippen LogP contribution < -0.4 is 5.32 Å². The molecule has 0 amide bonds. The highest BCUT2D eigenvalue weighted by Gasteiger charge is 2.33. The Morgan fingerprint density at radius 2 is 1.81 bits per heavy atom. The van der Waals surface area contributed by atoms with E-state index in [1.807, 2.05) is 0 Å². The Morgan fingerprint density at radius 1 is 1.14 bits per heavy atom. The highest BCUT2D eigenvalue weighted by Crippen LogP contribution is 2.35. The number of hydrogen-bond donors (Lipinski definition) is 1.